The van der Waals surface area contributed by atoms with Gasteiger partial charge in [0.05, 0.1) is 19.9 Å². The van der Waals surface area contributed by atoms with Crippen molar-refractivity contribution in [3.63, 3.8) is 0 Å². The number of rotatable bonds is 4. The largest absolute Gasteiger partial charge is 0.497 e. The number of halogens is 1. The lowest BCUT2D eigenvalue weighted by Gasteiger charge is -2.39. The van der Waals surface area contributed by atoms with E-state index in [1.54, 1.807) is 20.4 Å². The predicted octanol–water partition coefficient (Wildman–Crippen LogP) is 4.90. The van der Waals surface area contributed by atoms with Gasteiger partial charge < -0.3 is 19.5 Å². The van der Waals surface area contributed by atoms with Crippen molar-refractivity contribution in [2.75, 3.05) is 19.5 Å². The van der Waals surface area contributed by atoms with Crippen LogP contribution in [0.25, 0.3) is 5.70 Å². The summed E-state index contributed by atoms with van der Waals surface area (Å²) in [5, 5.41) is 8.60. The van der Waals surface area contributed by atoms with Crippen LogP contribution in [0, 0.1) is 0 Å². The standard InChI is InChI=1S/C25H20ClN5O3/c1-32-16-6-8-19(33-2)18(11-16)24-21-22(17-10-15(26)5-7-20(17)34-24)30-25-28-13-29-31(25)23(21)14-4-3-9-27-12-14/h3-13,23-24H,1-2H3,(H,28,29,30)/t23-,24+/m1/s1. The van der Waals surface area contributed by atoms with Gasteiger partial charge in [-0.15, -0.1) is 0 Å². The van der Waals surface area contributed by atoms with Gasteiger partial charge >= 0.3 is 0 Å². The van der Waals surface area contributed by atoms with Gasteiger partial charge in [0.15, 0.2) is 6.10 Å². The average molecular weight is 474 g/mol. The highest BCUT2D eigenvalue weighted by atomic mass is 35.5. The van der Waals surface area contributed by atoms with Gasteiger partial charge in [-0.2, -0.15) is 10.1 Å². The first-order valence-corrected chi connectivity index (χ1v) is 11.0. The molecule has 6 rings (SSSR count). The second kappa shape index (κ2) is 8.07. The number of anilines is 1. The molecule has 2 aliphatic rings. The molecule has 0 fully saturated rings. The maximum atomic E-state index is 6.65. The lowest BCUT2D eigenvalue weighted by atomic mass is 9.84. The summed E-state index contributed by atoms with van der Waals surface area (Å²) in [6.45, 7) is 0. The number of hydrogen-bond donors (Lipinski definition) is 1. The fourth-order valence-corrected chi connectivity index (χ4v) is 4.77. The van der Waals surface area contributed by atoms with Crippen LogP contribution in [0.5, 0.6) is 17.2 Å². The number of hydrogen-bond acceptors (Lipinski definition) is 7. The van der Waals surface area contributed by atoms with Gasteiger partial charge in [-0.3, -0.25) is 4.98 Å². The molecule has 2 aromatic carbocycles. The van der Waals surface area contributed by atoms with Crippen LogP contribution >= 0.6 is 11.6 Å². The summed E-state index contributed by atoms with van der Waals surface area (Å²) < 4.78 is 19.8. The Morgan fingerprint density at radius 3 is 2.79 bits per heavy atom. The highest BCUT2D eigenvalue weighted by Gasteiger charge is 2.42. The fourth-order valence-electron chi connectivity index (χ4n) is 4.60. The number of ether oxygens (including phenoxy) is 3. The topological polar surface area (TPSA) is 83.3 Å². The van der Waals surface area contributed by atoms with E-state index in [2.05, 4.69) is 20.4 Å². The molecule has 2 atom stereocenters. The molecule has 0 amide bonds. The first-order valence-electron chi connectivity index (χ1n) is 10.7. The minimum Gasteiger partial charge on any atom is -0.497 e. The summed E-state index contributed by atoms with van der Waals surface area (Å²) in [6.07, 6.45) is 4.60. The highest BCUT2D eigenvalue weighted by molar-refractivity contribution is 6.30. The number of pyridine rings is 1. The van der Waals surface area contributed by atoms with E-state index in [0.717, 1.165) is 28.0 Å². The lowest BCUT2D eigenvalue weighted by molar-refractivity contribution is 0.217. The number of methoxy groups -OCH3 is 2. The molecule has 0 spiro atoms. The van der Waals surface area contributed by atoms with Gasteiger partial charge in [0.1, 0.15) is 29.6 Å². The van der Waals surface area contributed by atoms with Gasteiger partial charge in [0.25, 0.3) is 0 Å². The van der Waals surface area contributed by atoms with E-state index in [0.29, 0.717) is 28.2 Å². The molecule has 2 aromatic heterocycles. The Bertz CT molecular complexity index is 1420. The molecular formula is C25H20ClN5O3. The maximum absolute atomic E-state index is 6.65. The van der Waals surface area contributed by atoms with Crippen molar-refractivity contribution < 1.29 is 14.2 Å². The average Bonchev–Trinajstić information content (AvgIpc) is 3.35. The SMILES string of the molecule is COc1ccc(OC)c([C@@H]2Oc3ccc(Cl)cc3C3=C2[C@@H](c2cccnc2)n2ncnc2N3)c1. The molecule has 0 aliphatic carbocycles. The second-order valence-electron chi connectivity index (χ2n) is 7.92. The third-order valence-corrected chi connectivity index (χ3v) is 6.33. The zero-order valence-electron chi connectivity index (χ0n) is 18.4. The van der Waals surface area contributed by atoms with Crippen LogP contribution in [-0.2, 0) is 0 Å². The molecule has 34 heavy (non-hydrogen) atoms. The van der Waals surface area contributed by atoms with E-state index >= 15 is 0 Å². The Labute approximate surface area is 200 Å². The van der Waals surface area contributed by atoms with Crippen LogP contribution in [0.15, 0.2) is 72.8 Å². The first-order chi connectivity index (χ1) is 16.7. The van der Waals surface area contributed by atoms with Gasteiger partial charge in [-0.1, -0.05) is 17.7 Å². The van der Waals surface area contributed by atoms with Gasteiger partial charge in [-0.05, 0) is 48.0 Å². The van der Waals surface area contributed by atoms with Gasteiger partial charge in [0.2, 0.25) is 5.95 Å². The molecular weight excluding hydrogens is 454 g/mol. The van der Waals surface area contributed by atoms with E-state index in [-0.39, 0.29) is 6.04 Å². The molecule has 170 valence electrons. The summed E-state index contributed by atoms with van der Waals surface area (Å²) in [5.41, 5.74) is 4.43. The number of benzene rings is 2. The Hall–Kier alpha value is -4.04. The quantitative estimate of drug-likeness (QED) is 0.451. The summed E-state index contributed by atoms with van der Waals surface area (Å²) in [6, 6.07) is 14.9. The van der Waals surface area contributed by atoms with Crippen LogP contribution in [-0.4, -0.2) is 34.0 Å². The van der Waals surface area contributed by atoms with Crippen LogP contribution in [0.1, 0.15) is 28.8 Å². The molecule has 0 unspecified atom stereocenters. The van der Waals surface area contributed by atoms with Crippen LogP contribution < -0.4 is 19.5 Å². The Balaban J connectivity index is 1.65. The Kier molecular flexibility index (Phi) is 4.88. The molecule has 9 heteroatoms. The van der Waals surface area contributed by atoms with Crippen molar-refractivity contribution in [2.45, 2.75) is 12.1 Å². The van der Waals surface area contributed by atoms with Crippen molar-refractivity contribution in [2.24, 2.45) is 0 Å². The van der Waals surface area contributed by atoms with E-state index < -0.39 is 6.10 Å². The van der Waals surface area contributed by atoms with E-state index in [9.17, 15) is 0 Å². The summed E-state index contributed by atoms with van der Waals surface area (Å²) >= 11 is 6.40. The zero-order chi connectivity index (χ0) is 23.2. The number of aromatic nitrogens is 4. The van der Waals surface area contributed by atoms with Crippen molar-refractivity contribution in [1.82, 2.24) is 19.7 Å². The zero-order valence-corrected chi connectivity index (χ0v) is 19.2. The summed E-state index contributed by atoms with van der Waals surface area (Å²) in [7, 11) is 3.28. The molecule has 4 aromatic rings. The van der Waals surface area contributed by atoms with E-state index in [1.165, 1.54) is 6.33 Å². The maximum Gasteiger partial charge on any atom is 0.226 e. The first kappa shape index (κ1) is 20.6. The summed E-state index contributed by atoms with van der Waals surface area (Å²) in [4.78, 5) is 8.81. The van der Waals surface area contributed by atoms with Crippen molar-refractivity contribution >= 4 is 23.2 Å². The lowest BCUT2D eigenvalue weighted by Crippen LogP contribution is -2.32. The van der Waals surface area contributed by atoms with Gasteiger partial charge in [-0.25, -0.2) is 4.68 Å². The molecule has 0 bridgehead atoms. The molecule has 1 N–H and O–H groups in total. The smallest absolute Gasteiger partial charge is 0.226 e. The molecule has 2 aliphatic heterocycles. The Morgan fingerprint density at radius 1 is 1.09 bits per heavy atom. The van der Waals surface area contributed by atoms with Crippen LogP contribution in [0.4, 0.5) is 5.95 Å². The normalized spacial score (nSPS) is 18.2. The predicted molar refractivity (Wildman–Crippen MR) is 127 cm³/mol. The van der Waals surface area contributed by atoms with E-state index in [4.69, 9.17) is 25.8 Å². The van der Waals surface area contributed by atoms with E-state index in [1.807, 2.05) is 59.4 Å². The Morgan fingerprint density at radius 2 is 2.00 bits per heavy atom. The second-order valence-corrected chi connectivity index (χ2v) is 8.36. The monoisotopic (exact) mass is 473 g/mol. The number of nitrogens with one attached hydrogen (secondary N) is 1. The molecule has 0 saturated carbocycles. The number of nitrogens with zero attached hydrogens (tertiary/aromatic N) is 4. The van der Waals surface area contributed by atoms with Crippen LogP contribution in [0.3, 0.4) is 0 Å². The minimum absolute atomic E-state index is 0.324. The third-order valence-electron chi connectivity index (χ3n) is 6.10. The fraction of sp³-hybridized carbons (Fsp3) is 0.160. The minimum atomic E-state index is -0.510. The van der Waals surface area contributed by atoms with Gasteiger partial charge in [0, 0.05) is 34.1 Å². The number of fused-ring (bicyclic) bond motifs is 3. The van der Waals surface area contributed by atoms with Crippen LogP contribution in [0.2, 0.25) is 5.02 Å². The summed E-state index contributed by atoms with van der Waals surface area (Å²) in [5.74, 6) is 2.70. The molecule has 0 radical (unpaired) electrons. The van der Waals surface area contributed by atoms with Crippen molar-refractivity contribution in [3.05, 3.63) is 94.5 Å². The third kappa shape index (κ3) is 3.18. The molecule has 0 saturated heterocycles. The van der Waals surface area contributed by atoms with Crippen molar-refractivity contribution in [3.8, 4) is 17.2 Å². The molecule has 4 heterocycles. The highest BCUT2D eigenvalue weighted by Crippen LogP contribution is 2.52. The van der Waals surface area contributed by atoms with Crippen molar-refractivity contribution in [1.29, 1.82) is 0 Å². The molecule has 8 nitrogen and oxygen atoms in total.